The van der Waals surface area contributed by atoms with E-state index in [0.29, 0.717) is 19.1 Å². The first-order chi connectivity index (χ1) is 9.24. The Balaban J connectivity index is 1.82. The van der Waals surface area contributed by atoms with Crippen LogP contribution in [-0.2, 0) is 6.54 Å². The van der Waals surface area contributed by atoms with Crippen molar-refractivity contribution in [2.75, 3.05) is 6.61 Å². The van der Waals surface area contributed by atoms with Gasteiger partial charge in [0, 0.05) is 18.7 Å². The quantitative estimate of drug-likeness (QED) is 0.916. The van der Waals surface area contributed by atoms with Crippen LogP contribution in [0.25, 0.3) is 0 Å². The van der Waals surface area contributed by atoms with Crippen LogP contribution in [0.3, 0.4) is 0 Å². The van der Waals surface area contributed by atoms with Crippen LogP contribution in [0.15, 0.2) is 36.5 Å². The fraction of sp³-hybridized carbons (Fsp3) is 0.286. The molecule has 0 saturated carbocycles. The standard InChI is InChI=1S/C14H14N2O3/c17-14(18)12-5-7-16(15-12)9-10-6-8-19-13-4-2-1-3-11(10)13/h1-5,7,10H,6,8-9H2,(H,17,18). The van der Waals surface area contributed by atoms with Gasteiger partial charge in [-0.1, -0.05) is 18.2 Å². The first kappa shape index (κ1) is 11.8. The minimum absolute atomic E-state index is 0.0837. The van der Waals surface area contributed by atoms with Crippen molar-refractivity contribution in [1.29, 1.82) is 0 Å². The highest BCUT2D eigenvalue weighted by molar-refractivity contribution is 5.85. The highest BCUT2D eigenvalue weighted by Gasteiger charge is 2.21. The number of fused-ring (bicyclic) bond motifs is 1. The van der Waals surface area contributed by atoms with Gasteiger partial charge in [0.1, 0.15) is 5.75 Å². The van der Waals surface area contributed by atoms with Crippen molar-refractivity contribution in [1.82, 2.24) is 9.78 Å². The second-order valence-corrected chi connectivity index (χ2v) is 4.60. The zero-order chi connectivity index (χ0) is 13.2. The number of rotatable bonds is 3. The van der Waals surface area contributed by atoms with Gasteiger partial charge >= 0.3 is 5.97 Å². The zero-order valence-corrected chi connectivity index (χ0v) is 10.3. The van der Waals surface area contributed by atoms with E-state index in [0.717, 1.165) is 12.2 Å². The molecule has 1 N–H and O–H groups in total. The third-order valence-electron chi connectivity index (χ3n) is 3.35. The van der Waals surface area contributed by atoms with Gasteiger partial charge in [0.25, 0.3) is 0 Å². The van der Waals surface area contributed by atoms with Crippen LogP contribution >= 0.6 is 0 Å². The number of hydrogen-bond acceptors (Lipinski definition) is 3. The van der Waals surface area contributed by atoms with Crippen molar-refractivity contribution in [2.45, 2.75) is 18.9 Å². The number of hydrogen-bond donors (Lipinski definition) is 1. The Morgan fingerprint density at radius 2 is 2.26 bits per heavy atom. The fourth-order valence-corrected chi connectivity index (χ4v) is 2.41. The molecule has 1 aliphatic heterocycles. The molecular weight excluding hydrogens is 244 g/mol. The summed E-state index contributed by atoms with van der Waals surface area (Å²) in [5, 5.41) is 12.9. The number of nitrogens with zero attached hydrogens (tertiary/aromatic N) is 2. The van der Waals surface area contributed by atoms with Gasteiger partial charge in [-0.2, -0.15) is 5.10 Å². The largest absolute Gasteiger partial charge is 0.493 e. The van der Waals surface area contributed by atoms with E-state index in [9.17, 15) is 4.79 Å². The minimum atomic E-state index is -0.994. The maximum atomic E-state index is 10.8. The third-order valence-corrected chi connectivity index (χ3v) is 3.35. The second-order valence-electron chi connectivity index (χ2n) is 4.60. The molecule has 0 fully saturated rings. The van der Waals surface area contributed by atoms with Gasteiger partial charge in [-0.25, -0.2) is 4.79 Å². The molecule has 19 heavy (non-hydrogen) atoms. The van der Waals surface area contributed by atoms with Crippen LogP contribution in [0.2, 0.25) is 0 Å². The highest BCUT2D eigenvalue weighted by atomic mass is 16.5. The summed E-state index contributed by atoms with van der Waals surface area (Å²) in [5.74, 6) is 0.238. The number of ether oxygens (including phenoxy) is 1. The maximum Gasteiger partial charge on any atom is 0.356 e. The van der Waals surface area contributed by atoms with Crippen molar-refractivity contribution in [3.63, 3.8) is 0 Å². The van der Waals surface area contributed by atoms with Crippen LogP contribution in [0.1, 0.15) is 28.4 Å². The van der Waals surface area contributed by atoms with Crippen molar-refractivity contribution >= 4 is 5.97 Å². The number of carboxylic acids is 1. The lowest BCUT2D eigenvalue weighted by atomic mass is 9.93. The lowest BCUT2D eigenvalue weighted by molar-refractivity contribution is 0.0689. The second kappa shape index (κ2) is 4.76. The molecule has 1 aromatic carbocycles. The Morgan fingerprint density at radius 1 is 1.42 bits per heavy atom. The van der Waals surface area contributed by atoms with E-state index in [4.69, 9.17) is 9.84 Å². The smallest absolute Gasteiger partial charge is 0.356 e. The van der Waals surface area contributed by atoms with Gasteiger partial charge in [-0.15, -0.1) is 0 Å². The molecule has 0 saturated heterocycles. The summed E-state index contributed by atoms with van der Waals surface area (Å²) in [6.07, 6.45) is 2.63. The Morgan fingerprint density at radius 3 is 3.05 bits per heavy atom. The lowest BCUT2D eigenvalue weighted by Crippen LogP contribution is -2.19. The summed E-state index contributed by atoms with van der Waals surface area (Å²) >= 11 is 0. The van der Waals surface area contributed by atoms with E-state index in [2.05, 4.69) is 11.2 Å². The molecule has 98 valence electrons. The zero-order valence-electron chi connectivity index (χ0n) is 10.3. The highest BCUT2D eigenvalue weighted by Crippen LogP contribution is 2.34. The molecule has 0 bridgehead atoms. The molecule has 1 aromatic heterocycles. The van der Waals surface area contributed by atoms with Gasteiger partial charge in [-0.05, 0) is 24.1 Å². The summed E-state index contributed by atoms with van der Waals surface area (Å²) < 4.78 is 7.30. The number of aromatic carboxylic acids is 1. The molecule has 2 aromatic rings. The first-order valence-electron chi connectivity index (χ1n) is 6.22. The lowest BCUT2D eigenvalue weighted by Gasteiger charge is -2.25. The Bertz CT molecular complexity index is 606. The van der Waals surface area contributed by atoms with Crippen LogP contribution in [0.4, 0.5) is 0 Å². The first-order valence-corrected chi connectivity index (χ1v) is 6.22. The predicted molar refractivity (Wildman–Crippen MR) is 68.5 cm³/mol. The molecular formula is C14H14N2O3. The van der Waals surface area contributed by atoms with Crippen molar-refractivity contribution in [2.24, 2.45) is 0 Å². The molecule has 3 rings (SSSR count). The average molecular weight is 258 g/mol. The van der Waals surface area contributed by atoms with Gasteiger partial charge < -0.3 is 9.84 Å². The number of aromatic nitrogens is 2. The molecule has 2 heterocycles. The fourth-order valence-electron chi connectivity index (χ4n) is 2.41. The van der Waals surface area contributed by atoms with Crippen LogP contribution in [0, 0.1) is 0 Å². The SMILES string of the molecule is O=C(O)c1ccn(CC2CCOc3ccccc32)n1. The number of benzene rings is 1. The summed E-state index contributed by atoms with van der Waals surface area (Å²) in [4.78, 5) is 10.8. The number of carbonyl (C=O) groups is 1. The van der Waals surface area contributed by atoms with E-state index in [1.165, 1.54) is 11.6 Å². The van der Waals surface area contributed by atoms with Gasteiger partial charge in [0.15, 0.2) is 5.69 Å². The average Bonchev–Trinajstić information content (AvgIpc) is 2.88. The molecule has 5 heteroatoms. The monoisotopic (exact) mass is 258 g/mol. The van der Waals surface area contributed by atoms with E-state index in [1.54, 1.807) is 10.9 Å². The van der Waals surface area contributed by atoms with E-state index in [1.807, 2.05) is 18.2 Å². The molecule has 0 amide bonds. The molecule has 1 atom stereocenters. The Labute approximate surface area is 110 Å². The predicted octanol–water partition coefficient (Wildman–Crippen LogP) is 2.15. The number of para-hydroxylation sites is 1. The summed E-state index contributed by atoms with van der Waals surface area (Å²) in [5.41, 5.74) is 1.25. The minimum Gasteiger partial charge on any atom is -0.493 e. The summed E-state index contributed by atoms with van der Waals surface area (Å²) in [6.45, 7) is 1.36. The van der Waals surface area contributed by atoms with Crippen LogP contribution in [-0.4, -0.2) is 27.5 Å². The van der Waals surface area contributed by atoms with Crippen molar-refractivity contribution < 1.29 is 14.6 Å². The Hall–Kier alpha value is -2.30. The van der Waals surface area contributed by atoms with Crippen LogP contribution in [0.5, 0.6) is 5.75 Å². The third kappa shape index (κ3) is 2.31. The van der Waals surface area contributed by atoms with Gasteiger partial charge in [0.05, 0.1) is 6.61 Å². The van der Waals surface area contributed by atoms with Gasteiger partial charge in [0.2, 0.25) is 0 Å². The van der Waals surface area contributed by atoms with Crippen LogP contribution < -0.4 is 4.74 Å². The van der Waals surface area contributed by atoms with E-state index >= 15 is 0 Å². The van der Waals surface area contributed by atoms with Crippen molar-refractivity contribution in [3.05, 3.63) is 47.8 Å². The number of carboxylic acid groups (broad SMARTS) is 1. The summed E-state index contributed by atoms with van der Waals surface area (Å²) in [6, 6.07) is 9.49. The molecule has 0 spiro atoms. The molecule has 5 nitrogen and oxygen atoms in total. The molecule has 1 unspecified atom stereocenters. The molecule has 0 radical (unpaired) electrons. The van der Waals surface area contributed by atoms with Crippen molar-refractivity contribution in [3.8, 4) is 5.75 Å². The Kier molecular flexibility index (Phi) is 2.95. The summed E-state index contributed by atoms with van der Waals surface area (Å²) in [7, 11) is 0. The normalized spacial score (nSPS) is 17.6. The molecule has 1 aliphatic rings. The van der Waals surface area contributed by atoms with E-state index < -0.39 is 5.97 Å². The van der Waals surface area contributed by atoms with Gasteiger partial charge in [-0.3, -0.25) is 4.68 Å². The maximum absolute atomic E-state index is 10.8. The van der Waals surface area contributed by atoms with E-state index in [-0.39, 0.29) is 5.69 Å². The molecule has 0 aliphatic carbocycles. The topological polar surface area (TPSA) is 64.3 Å².